The summed E-state index contributed by atoms with van der Waals surface area (Å²) in [6.45, 7) is 0.133. The van der Waals surface area contributed by atoms with E-state index in [0.717, 1.165) is 5.52 Å². The zero-order chi connectivity index (χ0) is 21.1. The number of carbonyl (C=O) groups is 1. The molecule has 0 aliphatic carbocycles. The number of halogens is 3. The summed E-state index contributed by atoms with van der Waals surface area (Å²) in [7, 11) is 0. The minimum absolute atomic E-state index is 0.0669. The number of piperidine rings is 1. The minimum Gasteiger partial charge on any atom is -0.486 e. The fraction of sp³-hybridized carbons (Fsp3) is 0.364. The van der Waals surface area contributed by atoms with Crippen LogP contribution in [0, 0.1) is 5.92 Å². The molecule has 30 heavy (non-hydrogen) atoms. The van der Waals surface area contributed by atoms with Crippen LogP contribution in [0.1, 0.15) is 18.7 Å². The van der Waals surface area contributed by atoms with Crippen LogP contribution in [-0.4, -0.2) is 39.6 Å². The highest BCUT2D eigenvalue weighted by Gasteiger charge is 2.42. The molecular formula is C22H22F3N3O2. The number of hydrogen-bond donors (Lipinski definition) is 0. The smallest absolute Gasteiger partial charge is 0.393 e. The van der Waals surface area contributed by atoms with Gasteiger partial charge in [0, 0.05) is 13.1 Å². The molecule has 0 N–H and O–H groups in total. The van der Waals surface area contributed by atoms with Gasteiger partial charge in [-0.2, -0.15) is 13.2 Å². The lowest BCUT2D eigenvalue weighted by molar-refractivity contribution is -0.188. The van der Waals surface area contributed by atoms with Crippen LogP contribution in [0.4, 0.5) is 13.2 Å². The highest BCUT2D eigenvalue weighted by atomic mass is 19.4. The molecule has 1 aliphatic heterocycles. The fourth-order valence-electron chi connectivity index (χ4n) is 3.78. The lowest BCUT2D eigenvalue weighted by Gasteiger charge is -2.34. The fourth-order valence-corrected chi connectivity index (χ4v) is 3.78. The number of fused-ring (bicyclic) bond motifs is 1. The van der Waals surface area contributed by atoms with Crippen molar-refractivity contribution in [3.8, 4) is 5.75 Å². The number of aromatic nitrogens is 2. The van der Waals surface area contributed by atoms with Gasteiger partial charge in [0.05, 0.1) is 17.0 Å². The van der Waals surface area contributed by atoms with Gasteiger partial charge in [0.25, 0.3) is 0 Å². The summed E-state index contributed by atoms with van der Waals surface area (Å²) in [5, 5.41) is 0. The first-order valence-corrected chi connectivity index (χ1v) is 9.88. The van der Waals surface area contributed by atoms with Gasteiger partial charge in [-0.3, -0.25) is 4.79 Å². The van der Waals surface area contributed by atoms with Crippen LogP contribution >= 0.6 is 0 Å². The average Bonchev–Trinajstić information content (AvgIpc) is 3.10. The van der Waals surface area contributed by atoms with Crippen molar-refractivity contribution in [1.29, 1.82) is 0 Å². The molecule has 1 aliphatic rings. The molecule has 2 aromatic carbocycles. The number of benzene rings is 2. The highest BCUT2D eigenvalue weighted by Crippen LogP contribution is 2.33. The van der Waals surface area contributed by atoms with Gasteiger partial charge in [0.15, 0.2) is 0 Å². The van der Waals surface area contributed by atoms with Gasteiger partial charge in [0.2, 0.25) is 5.91 Å². The van der Waals surface area contributed by atoms with Crippen molar-refractivity contribution in [3.63, 3.8) is 0 Å². The molecule has 1 amide bonds. The topological polar surface area (TPSA) is 47.4 Å². The van der Waals surface area contributed by atoms with Crippen molar-refractivity contribution in [3.05, 3.63) is 60.4 Å². The summed E-state index contributed by atoms with van der Waals surface area (Å²) in [6, 6.07) is 16.6. The molecule has 2 heterocycles. The quantitative estimate of drug-likeness (QED) is 0.618. The maximum absolute atomic E-state index is 13.1. The van der Waals surface area contributed by atoms with Gasteiger partial charge >= 0.3 is 6.18 Å². The van der Waals surface area contributed by atoms with Crippen LogP contribution in [0.25, 0.3) is 11.0 Å². The zero-order valence-corrected chi connectivity index (χ0v) is 16.3. The first kappa shape index (κ1) is 20.3. The molecule has 1 aromatic heterocycles. The van der Waals surface area contributed by atoms with Crippen LogP contribution in [0.15, 0.2) is 54.6 Å². The molecule has 8 heteroatoms. The minimum atomic E-state index is -4.28. The Bertz CT molecular complexity index is 1020. The maximum Gasteiger partial charge on any atom is 0.393 e. The Hall–Kier alpha value is -3.03. The molecule has 4 rings (SSSR count). The molecule has 0 spiro atoms. The molecule has 1 saturated heterocycles. The predicted molar refractivity (Wildman–Crippen MR) is 106 cm³/mol. The number of alkyl halides is 3. The Morgan fingerprint density at radius 1 is 1.10 bits per heavy atom. The monoisotopic (exact) mass is 417 g/mol. The first-order chi connectivity index (χ1) is 14.4. The van der Waals surface area contributed by atoms with Gasteiger partial charge in [-0.15, -0.1) is 0 Å². The standard InChI is InChI=1S/C22H22F3N3O2/c23-22(24,25)16-7-6-12-27(13-16)21(29)14-28-19-11-5-4-10-18(19)26-20(28)15-30-17-8-2-1-3-9-17/h1-5,8-11,16H,6-7,12-15H2/t16-/m1/s1. The SMILES string of the molecule is O=C(Cn1c(COc2ccccc2)nc2ccccc21)N1CCC[C@@H](C(F)(F)F)C1. The molecule has 1 atom stereocenters. The summed E-state index contributed by atoms with van der Waals surface area (Å²) in [5.41, 5.74) is 1.46. The third-order valence-corrected chi connectivity index (χ3v) is 5.38. The van der Waals surface area contributed by atoms with E-state index in [9.17, 15) is 18.0 Å². The Morgan fingerprint density at radius 2 is 1.83 bits per heavy atom. The van der Waals surface area contributed by atoms with Crippen LogP contribution in [0.3, 0.4) is 0 Å². The van der Waals surface area contributed by atoms with E-state index in [1.807, 2.05) is 54.6 Å². The van der Waals surface area contributed by atoms with Gasteiger partial charge in [-0.25, -0.2) is 4.98 Å². The Morgan fingerprint density at radius 3 is 2.60 bits per heavy atom. The van der Waals surface area contributed by atoms with E-state index in [1.54, 1.807) is 4.57 Å². The predicted octanol–water partition coefficient (Wildman–Crippen LogP) is 4.42. The van der Waals surface area contributed by atoms with Crippen molar-refractivity contribution < 1.29 is 22.7 Å². The second kappa shape index (κ2) is 8.38. The summed E-state index contributed by atoms with van der Waals surface area (Å²) in [5.74, 6) is -0.576. The number of likely N-dealkylation sites (tertiary alicyclic amines) is 1. The largest absolute Gasteiger partial charge is 0.486 e. The first-order valence-electron chi connectivity index (χ1n) is 9.88. The molecule has 3 aromatic rings. The lowest BCUT2D eigenvalue weighted by Crippen LogP contribution is -2.45. The van der Waals surface area contributed by atoms with Crippen molar-refractivity contribution in [2.45, 2.75) is 32.2 Å². The van der Waals surface area contributed by atoms with Crippen LogP contribution < -0.4 is 4.74 Å². The third-order valence-electron chi connectivity index (χ3n) is 5.38. The van der Waals surface area contributed by atoms with Gasteiger partial charge < -0.3 is 14.2 Å². The molecule has 1 fully saturated rings. The number of hydrogen-bond acceptors (Lipinski definition) is 3. The van der Waals surface area contributed by atoms with Crippen molar-refractivity contribution >= 4 is 16.9 Å². The maximum atomic E-state index is 13.1. The summed E-state index contributed by atoms with van der Waals surface area (Å²) in [6.07, 6.45) is -3.86. The Labute approximate surface area is 172 Å². The van der Waals surface area contributed by atoms with Crippen LogP contribution in [0.5, 0.6) is 5.75 Å². The zero-order valence-electron chi connectivity index (χ0n) is 16.3. The van der Waals surface area contributed by atoms with Crippen molar-refractivity contribution in [1.82, 2.24) is 14.5 Å². The molecule has 0 bridgehead atoms. The van der Waals surface area contributed by atoms with E-state index >= 15 is 0 Å². The van der Waals surface area contributed by atoms with E-state index in [2.05, 4.69) is 4.98 Å². The Balaban J connectivity index is 1.54. The molecule has 0 unspecified atom stereocenters. The average molecular weight is 417 g/mol. The number of para-hydroxylation sites is 3. The van der Waals surface area contributed by atoms with Crippen molar-refractivity contribution in [2.75, 3.05) is 13.1 Å². The van der Waals surface area contributed by atoms with E-state index in [-0.39, 0.29) is 32.0 Å². The molecule has 0 radical (unpaired) electrons. The second-order valence-corrected chi connectivity index (χ2v) is 7.43. The number of imidazole rings is 1. The number of nitrogens with zero attached hydrogens (tertiary/aromatic N) is 3. The number of amides is 1. The van der Waals surface area contributed by atoms with Crippen LogP contribution in [-0.2, 0) is 17.9 Å². The summed E-state index contributed by atoms with van der Waals surface area (Å²) in [4.78, 5) is 18.8. The normalized spacial score (nSPS) is 17.3. The molecular weight excluding hydrogens is 395 g/mol. The molecule has 5 nitrogen and oxygen atoms in total. The molecule has 0 saturated carbocycles. The van der Waals surface area contributed by atoms with Crippen molar-refractivity contribution in [2.24, 2.45) is 5.92 Å². The third kappa shape index (κ3) is 4.42. The number of ether oxygens (including phenoxy) is 1. The summed E-state index contributed by atoms with van der Waals surface area (Å²) < 4.78 is 46.9. The van der Waals surface area contributed by atoms with E-state index in [4.69, 9.17) is 4.74 Å². The second-order valence-electron chi connectivity index (χ2n) is 7.43. The Kier molecular flexibility index (Phi) is 5.65. The number of carbonyl (C=O) groups excluding carboxylic acids is 1. The van der Waals surface area contributed by atoms with E-state index < -0.39 is 12.1 Å². The van der Waals surface area contributed by atoms with Gasteiger partial charge in [-0.05, 0) is 37.1 Å². The number of rotatable bonds is 5. The highest BCUT2D eigenvalue weighted by molar-refractivity contribution is 5.81. The van der Waals surface area contributed by atoms with E-state index in [1.165, 1.54) is 4.90 Å². The summed E-state index contributed by atoms with van der Waals surface area (Å²) >= 11 is 0. The van der Waals surface area contributed by atoms with Gasteiger partial charge in [-0.1, -0.05) is 30.3 Å². The van der Waals surface area contributed by atoms with Gasteiger partial charge in [0.1, 0.15) is 24.7 Å². The van der Waals surface area contributed by atoms with E-state index in [0.29, 0.717) is 30.1 Å². The molecule has 158 valence electrons. The lowest BCUT2D eigenvalue weighted by atomic mass is 9.97. The van der Waals surface area contributed by atoms with Crippen LogP contribution in [0.2, 0.25) is 0 Å².